The molecular formula is C17H24FN3O3. The van der Waals surface area contributed by atoms with Crippen LogP contribution in [0, 0.1) is 12.7 Å². The number of halogens is 1. The Hall–Kier alpha value is -1.99. The fourth-order valence-corrected chi connectivity index (χ4v) is 2.79. The second-order valence-electron chi connectivity index (χ2n) is 6.19. The molecule has 6 nitrogen and oxygen atoms in total. The first-order chi connectivity index (χ1) is 11.3. The monoisotopic (exact) mass is 337 g/mol. The predicted molar refractivity (Wildman–Crippen MR) is 89.2 cm³/mol. The van der Waals surface area contributed by atoms with E-state index in [2.05, 4.69) is 15.5 Å². The van der Waals surface area contributed by atoms with Crippen molar-refractivity contribution in [2.24, 2.45) is 0 Å². The number of anilines is 1. The van der Waals surface area contributed by atoms with Crippen molar-refractivity contribution >= 4 is 17.5 Å². The van der Waals surface area contributed by atoms with E-state index in [-0.39, 0.29) is 18.0 Å². The molecule has 0 spiro atoms. The lowest BCUT2D eigenvalue weighted by atomic mass is 10.2. The summed E-state index contributed by atoms with van der Waals surface area (Å²) in [5.74, 6) is -1.82. The number of carbonyl (C=O) groups is 2. The van der Waals surface area contributed by atoms with Gasteiger partial charge in [0.1, 0.15) is 5.82 Å². The second-order valence-corrected chi connectivity index (χ2v) is 6.19. The van der Waals surface area contributed by atoms with Crippen LogP contribution in [-0.2, 0) is 14.3 Å². The van der Waals surface area contributed by atoms with Crippen molar-refractivity contribution in [3.05, 3.63) is 29.6 Å². The van der Waals surface area contributed by atoms with Gasteiger partial charge in [-0.2, -0.15) is 0 Å². The molecule has 7 heteroatoms. The van der Waals surface area contributed by atoms with Gasteiger partial charge in [-0.3, -0.25) is 14.5 Å². The number of carbonyl (C=O) groups excluding carboxylic acids is 2. The molecule has 0 unspecified atom stereocenters. The molecule has 0 bridgehead atoms. The molecule has 132 valence electrons. The van der Waals surface area contributed by atoms with Gasteiger partial charge in [-0.25, -0.2) is 4.39 Å². The number of hydrogen-bond acceptors (Lipinski definition) is 4. The van der Waals surface area contributed by atoms with Gasteiger partial charge in [0.05, 0.1) is 12.2 Å². The summed E-state index contributed by atoms with van der Waals surface area (Å²) < 4.78 is 18.8. The number of hydrogen-bond donors (Lipinski definition) is 2. The van der Waals surface area contributed by atoms with E-state index >= 15 is 0 Å². The van der Waals surface area contributed by atoms with Crippen LogP contribution in [-0.4, -0.2) is 55.1 Å². The van der Waals surface area contributed by atoms with Crippen LogP contribution in [0.4, 0.5) is 10.1 Å². The van der Waals surface area contributed by atoms with Crippen molar-refractivity contribution in [1.82, 2.24) is 10.2 Å². The Labute approximate surface area is 141 Å². The van der Waals surface area contributed by atoms with Crippen LogP contribution in [0.1, 0.15) is 19.4 Å². The van der Waals surface area contributed by atoms with Gasteiger partial charge in [0.15, 0.2) is 0 Å². The highest BCUT2D eigenvalue weighted by Gasteiger charge is 2.22. The van der Waals surface area contributed by atoms with Crippen molar-refractivity contribution in [2.75, 3.05) is 31.5 Å². The van der Waals surface area contributed by atoms with Gasteiger partial charge < -0.3 is 15.4 Å². The highest BCUT2D eigenvalue weighted by molar-refractivity contribution is 6.39. The Balaban J connectivity index is 1.75. The summed E-state index contributed by atoms with van der Waals surface area (Å²) in [6.07, 6.45) is 0.323. The molecule has 2 N–H and O–H groups in total. The smallest absolute Gasteiger partial charge is 0.313 e. The zero-order valence-corrected chi connectivity index (χ0v) is 14.3. The molecule has 1 aromatic rings. The minimum Gasteiger partial charge on any atom is -0.373 e. The van der Waals surface area contributed by atoms with Crippen molar-refractivity contribution in [2.45, 2.75) is 33.0 Å². The first kappa shape index (κ1) is 18.4. The molecule has 0 aliphatic carbocycles. The summed E-state index contributed by atoms with van der Waals surface area (Å²) >= 11 is 0. The topological polar surface area (TPSA) is 70.7 Å². The largest absolute Gasteiger partial charge is 0.373 e. The summed E-state index contributed by atoms with van der Waals surface area (Å²) in [6.45, 7) is 8.28. The Morgan fingerprint density at radius 1 is 1.25 bits per heavy atom. The number of nitrogens with one attached hydrogen (secondary N) is 2. The summed E-state index contributed by atoms with van der Waals surface area (Å²) in [5.41, 5.74) is 0.800. The van der Waals surface area contributed by atoms with Gasteiger partial charge in [0.2, 0.25) is 0 Å². The average Bonchev–Trinajstić information content (AvgIpc) is 2.50. The number of ether oxygens (including phenoxy) is 1. The molecule has 2 amide bonds. The Morgan fingerprint density at radius 3 is 2.54 bits per heavy atom. The third-order valence-electron chi connectivity index (χ3n) is 3.83. The highest BCUT2D eigenvalue weighted by Crippen LogP contribution is 2.13. The molecule has 1 aromatic carbocycles. The van der Waals surface area contributed by atoms with Gasteiger partial charge in [-0.1, -0.05) is 0 Å². The Bertz CT molecular complexity index is 599. The van der Waals surface area contributed by atoms with E-state index < -0.39 is 11.8 Å². The summed E-state index contributed by atoms with van der Waals surface area (Å²) in [4.78, 5) is 25.9. The van der Waals surface area contributed by atoms with E-state index in [1.54, 1.807) is 6.92 Å². The van der Waals surface area contributed by atoms with E-state index in [1.165, 1.54) is 18.2 Å². The van der Waals surface area contributed by atoms with E-state index in [0.29, 0.717) is 24.3 Å². The maximum atomic E-state index is 13.2. The molecule has 2 atom stereocenters. The number of rotatable bonds is 4. The number of amides is 2. The Morgan fingerprint density at radius 2 is 1.92 bits per heavy atom. The van der Waals surface area contributed by atoms with Crippen molar-refractivity contribution < 1.29 is 18.7 Å². The number of morpholine rings is 1. The predicted octanol–water partition coefficient (Wildman–Crippen LogP) is 1.30. The maximum absolute atomic E-state index is 13.2. The minimum atomic E-state index is -0.760. The lowest BCUT2D eigenvalue weighted by molar-refractivity contribution is -0.136. The van der Waals surface area contributed by atoms with Crippen LogP contribution >= 0.6 is 0 Å². The molecule has 1 saturated heterocycles. The molecule has 0 saturated carbocycles. The van der Waals surface area contributed by atoms with Crippen molar-refractivity contribution in [3.8, 4) is 0 Å². The fourth-order valence-electron chi connectivity index (χ4n) is 2.79. The van der Waals surface area contributed by atoms with E-state index in [1.807, 2.05) is 13.8 Å². The van der Waals surface area contributed by atoms with Gasteiger partial charge >= 0.3 is 11.8 Å². The van der Waals surface area contributed by atoms with E-state index in [0.717, 1.165) is 13.1 Å². The molecule has 24 heavy (non-hydrogen) atoms. The highest BCUT2D eigenvalue weighted by atomic mass is 19.1. The van der Waals surface area contributed by atoms with E-state index in [9.17, 15) is 14.0 Å². The first-order valence-electron chi connectivity index (χ1n) is 8.08. The van der Waals surface area contributed by atoms with Crippen molar-refractivity contribution in [3.63, 3.8) is 0 Å². The normalized spacial score (nSPS) is 21.3. The summed E-state index contributed by atoms with van der Waals surface area (Å²) in [7, 11) is 0. The molecule has 0 aromatic heterocycles. The Kier molecular flexibility index (Phi) is 6.28. The SMILES string of the molecule is Cc1cc(NC(=O)C(=O)NCCN2C[C@H](C)O[C@@H](C)C2)ccc1F. The van der Waals surface area contributed by atoms with Gasteiger partial charge in [-0.05, 0) is 44.5 Å². The summed E-state index contributed by atoms with van der Waals surface area (Å²) in [6, 6.07) is 4.16. The van der Waals surface area contributed by atoms with Gasteiger partial charge in [0.25, 0.3) is 0 Å². The van der Waals surface area contributed by atoms with Crippen molar-refractivity contribution in [1.29, 1.82) is 0 Å². The number of nitrogens with zero attached hydrogens (tertiary/aromatic N) is 1. The van der Waals surface area contributed by atoms with Crippen LogP contribution in [0.3, 0.4) is 0 Å². The number of benzene rings is 1. The quantitative estimate of drug-likeness (QED) is 0.813. The zero-order valence-electron chi connectivity index (χ0n) is 14.3. The molecule has 1 fully saturated rings. The van der Waals surface area contributed by atoms with Crippen LogP contribution in [0.2, 0.25) is 0 Å². The average molecular weight is 337 g/mol. The lowest BCUT2D eigenvalue weighted by Gasteiger charge is -2.35. The molecule has 2 rings (SSSR count). The molecule has 1 aliphatic rings. The molecule has 1 heterocycles. The van der Waals surface area contributed by atoms with E-state index in [4.69, 9.17) is 4.74 Å². The van der Waals surface area contributed by atoms with Gasteiger partial charge in [-0.15, -0.1) is 0 Å². The molecule has 0 radical (unpaired) electrons. The summed E-state index contributed by atoms with van der Waals surface area (Å²) in [5, 5.41) is 5.06. The second kappa shape index (κ2) is 8.21. The van der Waals surface area contributed by atoms with Crippen LogP contribution < -0.4 is 10.6 Å². The fraction of sp³-hybridized carbons (Fsp3) is 0.529. The lowest BCUT2D eigenvalue weighted by Crippen LogP contribution is -2.48. The minimum absolute atomic E-state index is 0.162. The number of aryl methyl sites for hydroxylation is 1. The first-order valence-corrected chi connectivity index (χ1v) is 8.08. The van der Waals surface area contributed by atoms with Crippen LogP contribution in [0.5, 0.6) is 0 Å². The van der Waals surface area contributed by atoms with Gasteiger partial charge in [0, 0.05) is 31.9 Å². The van der Waals surface area contributed by atoms with Crippen LogP contribution in [0.15, 0.2) is 18.2 Å². The third-order valence-corrected chi connectivity index (χ3v) is 3.83. The standard InChI is InChI=1S/C17H24FN3O3/c1-11-8-14(4-5-15(11)18)20-17(23)16(22)19-6-7-21-9-12(2)24-13(3)10-21/h4-5,8,12-13H,6-7,9-10H2,1-3H3,(H,19,22)(H,20,23)/t12-,13-/m0/s1. The maximum Gasteiger partial charge on any atom is 0.313 e. The third kappa shape index (κ3) is 5.28. The molecular weight excluding hydrogens is 313 g/mol. The van der Waals surface area contributed by atoms with Crippen LogP contribution in [0.25, 0.3) is 0 Å². The molecule has 1 aliphatic heterocycles. The zero-order chi connectivity index (χ0) is 17.7.